The number of benzene rings is 3. The Balaban J connectivity index is 1.20. The van der Waals surface area contributed by atoms with Gasteiger partial charge >= 0.3 is 6.09 Å². The van der Waals surface area contributed by atoms with Gasteiger partial charge in [0.2, 0.25) is 11.8 Å². The Hall–Kier alpha value is -5.05. The number of piperazine rings is 1. The van der Waals surface area contributed by atoms with Crippen LogP contribution >= 0.6 is 0 Å². The summed E-state index contributed by atoms with van der Waals surface area (Å²) in [6.45, 7) is 8.66. The van der Waals surface area contributed by atoms with Gasteiger partial charge < -0.3 is 28.4 Å². The molecule has 1 aliphatic rings. The fraction of sp³-hybridized carbons (Fsp3) is 0.286. The number of carbonyl (C=O) groups is 1. The van der Waals surface area contributed by atoms with Gasteiger partial charge in [0.05, 0.1) is 0 Å². The monoisotopic (exact) mass is 592 g/mol. The maximum absolute atomic E-state index is 12.5. The summed E-state index contributed by atoms with van der Waals surface area (Å²) in [6, 6.07) is 30.2. The predicted molar refractivity (Wildman–Crippen MR) is 169 cm³/mol. The molecule has 9 heteroatoms. The van der Waals surface area contributed by atoms with Crippen LogP contribution in [0.15, 0.2) is 95.4 Å². The zero-order chi connectivity index (χ0) is 30.5. The van der Waals surface area contributed by atoms with Gasteiger partial charge in [-0.25, -0.2) is 4.79 Å². The molecule has 0 saturated carbocycles. The number of aromatic nitrogens is 2. The van der Waals surface area contributed by atoms with Crippen molar-refractivity contribution in [3.05, 3.63) is 102 Å². The van der Waals surface area contributed by atoms with E-state index in [1.54, 1.807) is 4.90 Å². The highest BCUT2D eigenvalue weighted by molar-refractivity contribution is 5.83. The van der Waals surface area contributed by atoms with Gasteiger partial charge in [-0.2, -0.15) is 9.97 Å². The van der Waals surface area contributed by atoms with Crippen molar-refractivity contribution in [3.8, 4) is 22.9 Å². The number of nitrogens with zero attached hydrogens (tertiary/aromatic N) is 4. The zero-order valence-corrected chi connectivity index (χ0v) is 25.2. The Kier molecular flexibility index (Phi) is 8.36. The summed E-state index contributed by atoms with van der Waals surface area (Å²) < 4.78 is 24.0. The molecule has 1 fully saturated rings. The average molecular weight is 593 g/mol. The van der Waals surface area contributed by atoms with E-state index in [4.69, 9.17) is 28.6 Å². The summed E-state index contributed by atoms with van der Waals surface area (Å²) in [5, 5.41) is 0. The van der Waals surface area contributed by atoms with Crippen molar-refractivity contribution in [2.45, 2.75) is 39.6 Å². The highest BCUT2D eigenvalue weighted by atomic mass is 16.6. The van der Waals surface area contributed by atoms with Crippen LogP contribution in [0.1, 0.15) is 31.9 Å². The molecule has 6 rings (SSSR count). The van der Waals surface area contributed by atoms with E-state index in [1.165, 1.54) is 0 Å². The molecule has 0 bridgehead atoms. The summed E-state index contributed by atoms with van der Waals surface area (Å²) >= 11 is 0. The smallest absolute Gasteiger partial charge is 0.410 e. The van der Waals surface area contributed by atoms with Gasteiger partial charge in [0, 0.05) is 37.8 Å². The minimum atomic E-state index is -0.524. The van der Waals surface area contributed by atoms with Crippen LogP contribution < -0.4 is 14.4 Å². The zero-order valence-electron chi connectivity index (χ0n) is 25.2. The maximum atomic E-state index is 12.5. The van der Waals surface area contributed by atoms with Crippen LogP contribution in [-0.4, -0.2) is 52.7 Å². The van der Waals surface area contributed by atoms with Crippen molar-refractivity contribution in [2.24, 2.45) is 0 Å². The molecule has 5 aromatic rings. The highest BCUT2D eigenvalue weighted by Crippen LogP contribution is 2.34. The fourth-order valence-electron chi connectivity index (χ4n) is 4.91. The van der Waals surface area contributed by atoms with Crippen molar-refractivity contribution in [1.29, 1.82) is 0 Å². The number of anilines is 1. The summed E-state index contributed by atoms with van der Waals surface area (Å²) in [7, 11) is 0. The first kappa shape index (κ1) is 29.0. The molecule has 0 aliphatic carbocycles. The molecule has 1 amide bonds. The van der Waals surface area contributed by atoms with E-state index in [0.717, 1.165) is 27.8 Å². The van der Waals surface area contributed by atoms with E-state index in [0.29, 0.717) is 62.8 Å². The van der Waals surface area contributed by atoms with Crippen molar-refractivity contribution in [2.75, 3.05) is 31.1 Å². The van der Waals surface area contributed by atoms with Gasteiger partial charge in [-0.1, -0.05) is 66.7 Å². The van der Waals surface area contributed by atoms with Crippen LogP contribution in [0, 0.1) is 0 Å². The number of hydrogen-bond donors (Lipinski definition) is 0. The number of fused-ring (bicyclic) bond motifs is 1. The van der Waals surface area contributed by atoms with Gasteiger partial charge in [-0.05, 0) is 55.7 Å². The van der Waals surface area contributed by atoms with E-state index in [2.05, 4.69) is 4.90 Å². The summed E-state index contributed by atoms with van der Waals surface area (Å²) in [5.74, 6) is 0.950. The molecule has 0 radical (unpaired) electrons. The van der Waals surface area contributed by atoms with E-state index in [1.807, 2.05) is 112 Å². The van der Waals surface area contributed by atoms with Crippen molar-refractivity contribution in [1.82, 2.24) is 14.9 Å². The second kappa shape index (κ2) is 12.7. The van der Waals surface area contributed by atoms with Crippen molar-refractivity contribution in [3.63, 3.8) is 0 Å². The molecule has 3 aromatic carbocycles. The molecule has 0 unspecified atom stereocenters. The minimum Gasteiger partial charge on any atom is -0.473 e. The minimum absolute atomic E-state index is 0.297. The molecule has 0 atom stereocenters. The maximum Gasteiger partial charge on any atom is 0.410 e. The molecule has 3 heterocycles. The van der Waals surface area contributed by atoms with Crippen LogP contribution in [0.25, 0.3) is 22.2 Å². The van der Waals surface area contributed by atoms with Crippen LogP contribution in [-0.2, 0) is 18.0 Å². The molecule has 226 valence electrons. The van der Waals surface area contributed by atoms with Crippen LogP contribution in [0.2, 0.25) is 0 Å². The first-order valence-electron chi connectivity index (χ1n) is 14.8. The quantitative estimate of drug-likeness (QED) is 0.188. The third-order valence-corrected chi connectivity index (χ3v) is 7.17. The van der Waals surface area contributed by atoms with Crippen molar-refractivity contribution < 1.29 is 23.4 Å². The summed E-state index contributed by atoms with van der Waals surface area (Å²) in [5.41, 5.74) is 4.69. The highest BCUT2D eigenvalue weighted by Gasteiger charge is 2.27. The van der Waals surface area contributed by atoms with Gasteiger partial charge in [0.15, 0.2) is 5.58 Å². The van der Waals surface area contributed by atoms with Gasteiger partial charge in [-0.3, -0.25) is 0 Å². The van der Waals surface area contributed by atoms with Gasteiger partial charge in [0.1, 0.15) is 24.3 Å². The molecular weight excluding hydrogens is 556 g/mol. The Morgan fingerprint density at radius 1 is 0.795 bits per heavy atom. The van der Waals surface area contributed by atoms with E-state index in [9.17, 15) is 4.79 Å². The molecular formula is C35H36N4O5. The second-order valence-corrected chi connectivity index (χ2v) is 11.7. The normalized spacial score (nSPS) is 13.6. The molecule has 1 aliphatic heterocycles. The third kappa shape index (κ3) is 7.11. The predicted octanol–water partition coefficient (Wildman–Crippen LogP) is 7.10. The number of ether oxygens (including phenoxy) is 3. The number of hydrogen-bond acceptors (Lipinski definition) is 8. The number of carbonyl (C=O) groups excluding carboxylic acids is 1. The van der Waals surface area contributed by atoms with Crippen LogP contribution in [0.5, 0.6) is 11.8 Å². The molecule has 44 heavy (non-hydrogen) atoms. The largest absolute Gasteiger partial charge is 0.473 e. The molecule has 1 saturated heterocycles. The van der Waals surface area contributed by atoms with E-state index in [-0.39, 0.29) is 6.09 Å². The fourth-order valence-corrected chi connectivity index (χ4v) is 4.91. The second-order valence-electron chi connectivity index (χ2n) is 11.7. The van der Waals surface area contributed by atoms with Crippen LogP contribution in [0.4, 0.5) is 10.8 Å². The summed E-state index contributed by atoms with van der Waals surface area (Å²) in [6.07, 6.45) is -0.297. The standard InChI is InChI=1S/C35H36N4O5/c1-35(2,3)44-34(40)39-20-18-38(19-21-39)33-36-29-16-14-27(22-30(29)43-33)28-15-17-31(41-23-25-10-6-4-7-11-25)37-32(28)42-24-26-12-8-5-9-13-26/h4-17,22H,18-21,23-24H2,1-3H3. The Morgan fingerprint density at radius 3 is 2.11 bits per heavy atom. The lowest BCUT2D eigenvalue weighted by Crippen LogP contribution is -2.50. The number of pyridine rings is 1. The SMILES string of the molecule is CC(C)(C)OC(=O)N1CCN(c2nc3ccc(-c4ccc(OCc5ccccc5)nc4OCc4ccccc4)cc3o2)CC1. The van der Waals surface area contributed by atoms with E-state index < -0.39 is 5.60 Å². The Bertz CT molecular complexity index is 1710. The molecule has 0 spiro atoms. The van der Waals surface area contributed by atoms with Crippen LogP contribution in [0.3, 0.4) is 0 Å². The molecule has 0 N–H and O–H groups in total. The number of amides is 1. The lowest BCUT2D eigenvalue weighted by Gasteiger charge is -2.34. The lowest BCUT2D eigenvalue weighted by atomic mass is 10.1. The Morgan fingerprint density at radius 2 is 1.45 bits per heavy atom. The third-order valence-electron chi connectivity index (χ3n) is 7.17. The molecule has 2 aromatic heterocycles. The first-order chi connectivity index (χ1) is 21.3. The van der Waals surface area contributed by atoms with Gasteiger partial charge in [-0.15, -0.1) is 0 Å². The Labute approximate surface area is 257 Å². The lowest BCUT2D eigenvalue weighted by molar-refractivity contribution is 0.0239. The average Bonchev–Trinajstić information content (AvgIpc) is 3.47. The topological polar surface area (TPSA) is 90.2 Å². The first-order valence-corrected chi connectivity index (χ1v) is 14.8. The van der Waals surface area contributed by atoms with E-state index >= 15 is 0 Å². The molecule has 9 nitrogen and oxygen atoms in total. The van der Waals surface area contributed by atoms with Gasteiger partial charge in [0.25, 0.3) is 6.01 Å². The summed E-state index contributed by atoms with van der Waals surface area (Å²) in [4.78, 5) is 25.7. The van der Waals surface area contributed by atoms with Crippen molar-refractivity contribution >= 4 is 23.2 Å². The number of oxazole rings is 1. The number of rotatable bonds is 8.